The maximum absolute atomic E-state index is 12.9. The molecule has 2 aromatic heterocycles. The fourth-order valence-corrected chi connectivity index (χ4v) is 3.41. The van der Waals surface area contributed by atoms with E-state index in [2.05, 4.69) is 10.3 Å². The zero-order chi connectivity index (χ0) is 20.9. The average molecular weight is 406 g/mol. The highest BCUT2D eigenvalue weighted by molar-refractivity contribution is 6.00. The molecule has 4 rings (SSSR count). The van der Waals surface area contributed by atoms with Crippen molar-refractivity contribution in [1.82, 2.24) is 14.3 Å². The second-order valence-corrected chi connectivity index (χ2v) is 7.03. The van der Waals surface area contributed by atoms with Crippen LogP contribution in [0.15, 0.2) is 59.7 Å². The van der Waals surface area contributed by atoms with Gasteiger partial charge in [-0.25, -0.2) is 4.98 Å². The van der Waals surface area contributed by atoms with Crippen molar-refractivity contribution in [1.29, 1.82) is 0 Å². The van der Waals surface area contributed by atoms with Gasteiger partial charge in [-0.2, -0.15) is 0 Å². The minimum Gasteiger partial charge on any atom is -0.378 e. The van der Waals surface area contributed by atoms with Gasteiger partial charge in [0.2, 0.25) is 5.91 Å². The quantitative estimate of drug-likeness (QED) is 0.697. The van der Waals surface area contributed by atoms with Crippen molar-refractivity contribution in [2.45, 2.75) is 12.8 Å². The molecule has 1 fully saturated rings. The third-order valence-corrected chi connectivity index (χ3v) is 5.02. The van der Waals surface area contributed by atoms with E-state index in [1.54, 1.807) is 23.2 Å². The third-order valence-electron chi connectivity index (χ3n) is 5.02. The summed E-state index contributed by atoms with van der Waals surface area (Å²) in [4.78, 5) is 44.0. The second-order valence-electron chi connectivity index (χ2n) is 7.03. The third kappa shape index (κ3) is 4.23. The van der Waals surface area contributed by atoms with E-state index in [0.29, 0.717) is 38.3 Å². The van der Waals surface area contributed by atoms with Gasteiger partial charge in [0.25, 0.3) is 11.5 Å². The van der Waals surface area contributed by atoms with Gasteiger partial charge in [0.1, 0.15) is 5.69 Å². The molecule has 1 aliphatic rings. The number of fused-ring (bicyclic) bond motifs is 1. The van der Waals surface area contributed by atoms with E-state index in [4.69, 9.17) is 4.74 Å². The number of nitrogens with zero attached hydrogens (tertiary/aromatic N) is 3. The van der Waals surface area contributed by atoms with E-state index >= 15 is 0 Å². The Bertz CT molecular complexity index is 1120. The number of pyridine rings is 1. The average Bonchev–Trinajstić information content (AvgIpc) is 2.80. The molecule has 0 radical (unpaired) electrons. The smallest absolute Gasteiger partial charge is 0.281 e. The molecule has 0 atom stereocenters. The number of anilines is 1. The number of carbonyl (C=O) groups is 2. The number of aromatic nitrogens is 2. The first-order valence-corrected chi connectivity index (χ1v) is 9.84. The summed E-state index contributed by atoms with van der Waals surface area (Å²) < 4.78 is 6.58. The monoisotopic (exact) mass is 406 g/mol. The summed E-state index contributed by atoms with van der Waals surface area (Å²) in [5.74, 6) is -0.457. The Labute approximate surface area is 173 Å². The van der Waals surface area contributed by atoms with Crippen LogP contribution in [-0.2, 0) is 16.0 Å². The van der Waals surface area contributed by atoms with Gasteiger partial charge < -0.3 is 15.0 Å². The number of hydrogen-bond donors (Lipinski definition) is 1. The lowest BCUT2D eigenvalue weighted by molar-refractivity contribution is -0.116. The van der Waals surface area contributed by atoms with E-state index in [1.165, 1.54) is 10.6 Å². The highest BCUT2D eigenvalue weighted by Crippen LogP contribution is 2.13. The lowest BCUT2D eigenvalue weighted by atomic mass is 10.1. The molecule has 8 heteroatoms. The van der Waals surface area contributed by atoms with Crippen LogP contribution >= 0.6 is 0 Å². The largest absolute Gasteiger partial charge is 0.378 e. The van der Waals surface area contributed by atoms with Gasteiger partial charge in [-0.1, -0.05) is 30.3 Å². The first-order valence-electron chi connectivity index (χ1n) is 9.84. The number of rotatable bonds is 5. The van der Waals surface area contributed by atoms with Crippen LogP contribution in [0.3, 0.4) is 0 Å². The molecule has 1 N–H and O–H groups in total. The van der Waals surface area contributed by atoms with E-state index in [-0.39, 0.29) is 29.6 Å². The summed E-state index contributed by atoms with van der Waals surface area (Å²) in [5.41, 5.74) is 1.32. The van der Waals surface area contributed by atoms with E-state index in [9.17, 15) is 14.4 Å². The summed E-state index contributed by atoms with van der Waals surface area (Å²) in [6.45, 7) is 1.98. The topological polar surface area (TPSA) is 93.0 Å². The van der Waals surface area contributed by atoms with Crippen LogP contribution in [0.25, 0.3) is 5.65 Å². The molecule has 3 aromatic rings. The Morgan fingerprint density at radius 2 is 1.83 bits per heavy atom. The summed E-state index contributed by atoms with van der Waals surface area (Å²) in [6, 6.07) is 12.9. The summed E-state index contributed by atoms with van der Waals surface area (Å²) >= 11 is 0. The lowest BCUT2D eigenvalue weighted by Gasteiger charge is -2.27. The highest BCUT2D eigenvalue weighted by atomic mass is 16.5. The first-order chi connectivity index (χ1) is 14.6. The Balaban J connectivity index is 1.53. The van der Waals surface area contributed by atoms with Gasteiger partial charge in [-0.05, 0) is 24.1 Å². The van der Waals surface area contributed by atoms with Crippen molar-refractivity contribution < 1.29 is 14.3 Å². The Morgan fingerprint density at radius 1 is 1.07 bits per heavy atom. The number of benzene rings is 1. The highest BCUT2D eigenvalue weighted by Gasteiger charge is 2.22. The predicted octanol–water partition coefficient (Wildman–Crippen LogP) is 1.74. The Kier molecular flexibility index (Phi) is 5.85. The molecule has 0 saturated carbocycles. The standard InChI is InChI=1S/C22H22N4O4/c27-19(9-8-16-5-2-1-3-6-16)24-18-15-23-20-17(7-4-10-26(20)22(18)29)21(28)25-11-13-30-14-12-25/h1-7,10,15H,8-9,11-14H2,(H,24,27). The second kappa shape index (κ2) is 8.87. The molecule has 1 aliphatic heterocycles. The summed E-state index contributed by atoms with van der Waals surface area (Å²) in [6.07, 6.45) is 3.68. The number of hydrogen-bond acceptors (Lipinski definition) is 5. The zero-order valence-corrected chi connectivity index (χ0v) is 16.4. The van der Waals surface area contributed by atoms with Crippen LogP contribution in [0.2, 0.25) is 0 Å². The van der Waals surface area contributed by atoms with Crippen molar-refractivity contribution in [2.24, 2.45) is 0 Å². The number of carbonyl (C=O) groups excluding carboxylic acids is 2. The molecule has 1 saturated heterocycles. The molecule has 0 aliphatic carbocycles. The normalized spacial score (nSPS) is 13.9. The van der Waals surface area contributed by atoms with Gasteiger partial charge in [-0.15, -0.1) is 0 Å². The van der Waals surface area contributed by atoms with Gasteiger partial charge in [0, 0.05) is 25.7 Å². The molecule has 154 valence electrons. The lowest BCUT2D eigenvalue weighted by Crippen LogP contribution is -2.41. The van der Waals surface area contributed by atoms with Crippen LogP contribution in [0.5, 0.6) is 0 Å². The number of amides is 2. The zero-order valence-electron chi connectivity index (χ0n) is 16.4. The molecule has 30 heavy (non-hydrogen) atoms. The minimum atomic E-state index is -0.426. The van der Waals surface area contributed by atoms with Crippen molar-refractivity contribution >= 4 is 23.1 Å². The van der Waals surface area contributed by atoms with Crippen LogP contribution in [0, 0.1) is 0 Å². The van der Waals surface area contributed by atoms with E-state index in [0.717, 1.165) is 5.56 Å². The van der Waals surface area contributed by atoms with Crippen LogP contribution < -0.4 is 10.9 Å². The van der Waals surface area contributed by atoms with Crippen molar-refractivity contribution in [2.75, 3.05) is 31.6 Å². The van der Waals surface area contributed by atoms with Crippen LogP contribution in [0.1, 0.15) is 22.3 Å². The Morgan fingerprint density at radius 3 is 2.60 bits per heavy atom. The van der Waals surface area contributed by atoms with Gasteiger partial charge in [-0.3, -0.25) is 18.8 Å². The first kappa shape index (κ1) is 19.8. The maximum atomic E-state index is 12.9. The number of aryl methyl sites for hydroxylation is 1. The van der Waals surface area contributed by atoms with Gasteiger partial charge >= 0.3 is 0 Å². The van der Waals surface area contributed by atoms with Crippen molar-refractivity contribution in [3.05, 3.63) is 76.3 Å². The van der Waals surface area contributed by atoms with Gasteiger partial charge in [0.05, 0.1) is 25.0 Å². The fraction of sp³-hybridized carbons (Fsp3) is 0.273. The van der Waals surface area contributed by atoms with E-state index < -0.39 is 5.56 Å². The molecule has 8 nitrogen and oxygen atoms in total. The molecule has 2 amide bonds. The number of nitrogens with one attached hydrogen (secondary N) is 1. The fourth-order valence-electron chi connectivity index (χ4n) is 3.41. The van der Waals surface area contributed by atoms with E-state index in [1.807, 2.05) is 30.3 Å². The molecular weight excluding hydrogens is 384 g/mol. The predicted molar refractivity (Wildman–Crippen MR) is 112 cm³/mol. The molecule has 1 aromatic carbocycles. The summed E-state index contributed by atoms with van der Waals surface area (Å²) in [7, 11) is 0. The minimum absolute atomic E-state index is 0.0848. The van der Waals surface area contributed by atoms with Gasteiger partial charge in [0.15, 0.2) is 5.65 Å². The van der Waals surface area contributed by atoms with Crippen LogP contribution in [-0.4, -0.2) is 52.4 Å². The Hall–Kier alpha value is -3.52. The van der Waals surface area contributed by atoms with Crippen molar-refractivity contribution in [3.8, 4) is 0 Å². The SMILES string of the molecule is O=C(CCc1ccccc1)Nc1cnc2c(C(=O)N3CCOCC3)cccn2c1=O. The molecule has 0 unspecified atom stereocenters. The molecular formula is C22H22N4O4. The number of ether oxygens (including phenoxy) is 1. The molecule has 0 spiro atoms. The summed E-state index contributed by atoms with van der Waals surface area (Å²) in [5, 5.41) is 2.64. The molecule has 3 heterocycles. The maximum Gasteiger partial charge on any atom is 0.281 e. The molecule has 0 bridgehead atoms. The van der Waals surface area contributed by atoms with Crippen LogP contribution in [0.4, 0.5) is 5.69 Å². The van der Waals surface area contributed by atoms with Crippen molar-refractivity contribution in [3.63, 3.8) is 0 Å². The number of morpholine rings is 1.